The van der Waals surface area contributed by atoms with Crippen molar-refractivity contribution in [3.8, 4) is 0 Å². The van der Waals surface area contributed by atoms with Gasteiger partial charge in [-0.15, -0.1) is 11.3 Å². The Labute approximate surface area is 124 Å². The van der Waals surface area contributed by atoms with Crippen molar-refractivity contribution in [1.82, 2.24) is 10.3 Å². The zero-order chi connectivity index (χ0) is 13.8. The summed E-state index contributed by atoms with van der Waals surface area (Å²) in [4.78, 5) is 5.85. The van der Waals surface area contributed by atoms with Gasteiger partial charge in [0.1, 0.15) is 11.1 Å². The zero-order valence-electron chi connectivity index (χ0n) is 11.7. The topological polar surface area (TPSA) is 34.1 Å². The van der Waals surface area contributed by atoms with Crippen LogP contribution < -0.4 is 5.32 Å². The molecule has 1 heterocycles. The molecule has 1 aromatic carbocycles. The maximum absolute atomic E-state index is 5.89. The van der Waals surface area contributed by atoms with Gasteiger partial charge in [0.25, 0.3) is 0 Å². The van der Waals surface area contributed by atoms with E-state index in [4.69, 9.17) is 4.74 Å². The van der Waals surface area contributed by atoms with E-state index in [2.05, 4.69) is 22.4 Å². The average molecular weight is 288 g/mol. The summed E-state index contributed by atoms with van der Waals surface area (Å²) >= 11 is 1.75. The molecule has 0 bridgehead atoms. The molecule has 2 aromatic rings. The van der Waals surface area contributed by atoms with Crippen molar-refractivity contribution >= 4 is 11.3 Å². The number of aromatic nitrogens is 1. The van der Waals surface area contributed by atoms with Crippen LogP contribution in [-0.2, 0) is 11.3 Å². The van der Waals surface area contributed by atoms with Crippen LogP contribution in [-0.4, -0.2) is 17.6 Å². The van der Waals surface area contributed by atoms with Crippen LogP contribution >= 0.6 is 11.3 Å². The number of hydrogen-bond acceptors (Lipinski definition) is 4. The largest absolute Gasteiger partial charge is 0.367 e. The Morgan fingerprint density at radius 1 is 1.35 bits per heavy atom. The minimum absolute atomic E-state index is 0.0409. The predicted molar refractivity (Wildman–Crippen MR) is 81.9 cm³/mol. The third-order valence-corrected chi connectivity index (χ3v) is 4.41. The summed E-state index contributed by atoms with van der Waals surface area (Å²) in [5.41, 5.74) is 1.17. The molecular formula is C16H20N2OS. The van der Waals surface area contributed by atoms with Crippen molar-refractivity contribution in [3.05, 3.63) is 52.0 Å². The molecule has 0 amide bonds. The number of benzene rings is 1. The number of nitrogens with one attached hydrogen (secondary N) is 1. The van der Waals surface area contributed by atoms with Crippen LogP contribution in [0.4, 0.5) is 0 Å². The minimum atomic E-state index is -0.0409. The third kappa shape index (κ3) is 3.45. The molecular weight excluding hydrogens is 268 g/mol. The molecule has 1 N–H and O–H groups in total. The quantitative estimate of drug-likeness (QED) is 0.846. The highest BCUT2D eigenvalue weighted by Gasteiger charge is 2.21. The van der Waals surface area contributed by atoms with Gasteiger partial charge in [0.05, 0.1) is 0 Å². The molecule has 1 unspecified atom stereocenters. The molecule has 1 fully saturated rings. The molecule has 3 nitrogen and oxygen atoms in total. The number of nitrogens with zero attached hydrogens (tertiary/aromatic N) is 1. The van der Waals surface area contributed by atoms with Crippen LogP contribution in [0.1, 0.15) is 41.3 Å². The molecule has 20 heavy (non-hydrogen) atoms. The highest BCUT2D eigenvalue weighted by Crippen LogP contribution is 2.29. The smallest absolute Gasteiger partial charge is 0.134 e. The van der Waals surface area contributed by atoms with E-state index in [1.165, 1.54) is 23.3 Å². The summed E-state index contributed by atoms with van der Waals surface area (Å²) < 4.78 is 5.89. The van der Waals surface area contributed by atoms with Gasteiger partial charge < -0.3 is 10.1 Å². The first-order chi connectivity index (χ1) is 9.86. The van der Waals surface area contributed by atoms with Crippen molar-refractivity contribution in [2.75, 3.05) is 6.61 Å². The third-order valence-electron chi connectivity index (χ3n) is 3.37. The predicted octanol–water partition coefficient (Wildman–Crippen LogP) is 3.52. The normalized spacial score (nSPS) is 16.2. The van der Waals surface area contributed by atoms with Crippen LogP contribution in [0.3, 0.4) is 0 Å². The van der Waals surface area contributed by atoms with Crippen molar-refractivity contribution in [2.45, 2.75) is 38.5 Å². The number of ether oxygens (including phenoxy) is 1. The molecule has 0 saturated heterocycles. The maximum Gasteiger partial charge on any atom is 0.134 e. The van der Waals surface area contributed by atoms with Gasteiger partial charge in [-0.3, -0.25) is 0 Å². The minimum Gasteiger partial charge on any atom is -0.367 e. The van der Waals surface area contributed by atoms with Gasteiger partial charge in [-0.1, -0.05) is 30.3 Å². The van der Waals surface area contributed by atoms with Gasteiger partial charge >= 0.3 is 0 Å². The molecule has 0 radical (unpaired) electrons. The monoisotopic (exact) mass is 288 g/mol. The molecule has 1 aliphatic rings. The van der Waals surface area contributed by atoms with Crippen LogP contribution in [0.25, 0.3) is 0 Å². The molecule has 0 spiro atoms. The first-order valence-electron chi connectivity index (χ1n) is 7.21. The Kier molecular flexibility index (Phi) is 4.45. The summed E-state index contributed by atoms with van der Waals surface area (Å²) in [6.45, 7) is 3.64. The van der Waals surface area contributed by atoms with Gasteiger partial charge in [0, 0.05) is 30.3 Å². The van der Waals surface area contributed by atoms with Crippen molar-refractivity contribution in [2.24, 2.45) is 0 Å². The van der Waals surface area contributed by atoms with Gasteiger partial charge in [-0.2, -0.15) is 0 Å². The molecule has 1 aromatic heterocycles. The molecule has 3 rings (SSSR count). The van der Waals surface area contributed by atoms with Crippen LogP contribution in [0, 0.1) is 0 Å². The van der Waals surface area contributed by atoms with Crippen molar-refractivity contribution < 1.29 is 4.74 Å². The van der Waals surface area contributed by atoms with E-state index in [1.807, 2.05) is 31.3 Å². The lowest BCUT2D eigenvalue weighted by molar-refractivity contribution is 0.0911. The first kappa shape index (κ1) is 13.7. The first-order valence-corrected chi connectivity index (χ1v) is 8.03. The summed E-state index contributed by atoms with van der Waals surface area (Å²) in [6.07, 6.45) is 4.57. The molecule has 1 aliphatic carbocycles. The second-order valence-corrected chi connectivity index (χ2v) is 6.21. The lowest BCUT2D eigenvalue weighted by Gasteiger charge is -2.14. The van der Waals surface area contributed by atoms with E-state index >= 15 is 0 Å². The summed E-state index contributed by atoms with van der Waals surface area (Å²) in [6, 6.07) is 11.1. The molecule has 106 valence electrons. The van der Waals surface area contributed by atoms with E-state index in [0.29, 0.717) is 6.61 Å². The van der Waals surface area contributed by atoms with E-state index < -0.39 is 0 Å². The molecule has 1 atom stereocenters. The Morgan fingerprint density at radius 3 is 2.85 bits per heavy atom. The summed E-state index contributed by atoms with van der Waals surface area (Å²) in [5, 5.41) is 4.57. The summed E-state index contributed by atoms with van der Waals surface area (Å²) in [7, 11) is 0. The highest BCUT2D eigenvalue weighted by molar-refractivity contribution is 7.11. The second kappa shape index (κ2) is 6.48. The zero-order valence-corrected chi connectivity index (χ0v) is 12.5. The Morgan fingerprint density at radius 2 is 2.15 bits per heavy atom. The maximum atomic E-state index is 5.89. The molecule has 4 heteroatoms. The van der Waals surface area contributed by atoms with Gasteiger partial charge in [0.15, 0.2) is 0 Å². The van der Waals surface area contributed by atoms with Gasteiger partial charge in [0.2, 0.25) is 0 Å². The van der Waals surface area contributed by atoms with Crippen molar-refractivity contribution in [1.29, 1.82) is 0 Å². The van der Waals surface area contributed by atoms with E-state index in [1.54, 1.807) is 11.3 Å². The number of thiazole rings is 1. The Balaban J connectivity index is 1.73. The fraction of sp³-hybridized carbons (Fsp3) is 0.438. The van der Waals surface area contributed by atoms with Crippen molar-refractivity contribution in [3.63, 3.8) is 0 Å². The Bertz CT molecular complexity index is 536. The van der Waals surface area contributed by atoms with E-state index in [9.17, 15) is 0 Å². The Hall–Kier alpha value is -1.23. The van der Waals surface area contributed by atoms with Gasteiger partial charge in [-0.05, 0) is 25.3 Å². The van der Waals surface area contributed by atoms with Crippen LogP contribution in [0.2, 0.25) is 0 Å². The standard InChI is InChI=1S/C16H20N2OS/c1-2-19-15(12-6-4-3-5-7-12)16-18-11-14(20-16)10-17-13-8-9-13/h3-7,11,13,15,17H,2,8-10H2,1H3. The van der Waals surface area contributed by atoms with E-state index in [0.717, 1.165) is 17.6 Å². The average Bonchev–Trinajstić information content (AvgIpc) is 3.21. The lowest BCUT2D eigenvalue weighted by Crippen LogP contribution is -2.14. The highest BCUT2D eigenvalue weighted by atomic mass is 32.1. The number of hydrogen-bond donors (Lipinski definition) is 1. The summed E-state index contributed by atoms with van der Waals surface area (Å²) in [5.74, 6) is 0. The van der Waals surface area contributed by atoms with E-state index in [-0.39, 0.29) is 6.10 Å². The number of rotatable bonds is 7. The fourth-order valence-corrected chi connectivity index (χ4v) is 3.11. The van der Waals surface area contributed by atoms with Crippen LogP contribution in [0.15, 0.2) is 36.5 Å². The van der Waals surface area contributed by atoms with Crippen LogP contribution in [0.5, 0.6) is 0 Å². The molecule has 0 aliphatic heterocycles. The molecule has 1 saturated carbocycles. The lowest BCUT2D eigenvalue weighted by atomic mass is 10.1. The SMILES string of the molecule is CCOC(c1ccccc1)c1ncc(CNC2CC2)s1. The van der Waals surface area contributed by atoms with Gasteiger partial charge in [-0.25, -0.2) is 4.98 Å². The fourth-order valence-electron chi connectivity index (χ4n) is 2.16. The second-order valence-electron chi connectivity index (χ2n) is 5.07.